The van der Waals surface area contributed by atoms with E-state index in [9.17, 15) is 8.42 Å². The van der Waals surface area contributed by atoms with E-state index in [1.54, 1.807) is 0 Å². The summed E-state index contributed by atoms with van der Waals surface area (Å²) in [5.74, 6) is 0.657. The number of hydrogen-bond acceptors (Lipinski definition) is 5. The van der Waals surface area contributed by atoms with Crippen molar-refractivity contribution in [3.8, 4) is 0 Å². The number of ether oxygens (including phenoxy) is 2. The van der Waals surface area contributed by atoms with Gasteiger partial charge in [0.05, 0.1) is 24.2 Å². The SMILES string of the molecule is CCNC(=NCCCOCC1CCCO1)NCCS(=O)(=O)N1CCc2ccccc21. The van der Waals surface area contributed by atoms with Gasteiger partial charge in [-0.2, -0.15) is 0 Å². The minimum atomic E-state index is -3.37. The van der Waals surface area contributed by atoms with Crippen LogP contribution in [-0.2, 0) is 25.9 Å². The van der Waals surface area contributed by atoms with E-state index in [4.69, 9.17) is 9.47 Å². The van der Waals surface area contributed by atoms with Gasteiger partial charge in [-0.1, -0.05) is 18.2 Å². The number of anilines is 1. The van der Waals surface area contributed by atoms with Crippen molar-refractivity contribution < 1.29 is 17.9 Å². The van der Waals surface area contributed by atoms with E-state index in [1.807, 2.05) is 31.2 Å². The number of para-hydroxylation sites is 1. The van der Waals surface area contributed by atoms with E-state index in [2.05, 4.69) is 15.6 Å². The van der Waals surface area contributed by atoms with Crippen LogP contribution in [0.1, 0.15) is 31.7 Å². The van der Waals surface area contributed by atoms with Crippen LogP contribution in [0.15, 0.2) is 29.3 Å². The fourth-order valence-corrected chi connectivity index (χ4v) is 5.12. The van der Waals surface area contributed by atoms with Gasteiger partial charge in [-0.05, 0) is 44.2 Å². The second-order valence-electron chi connectivity index (χ2n) is 7.52. The molecule has 0 radical (unpaired) electrons. The van der Waals surface area contributed by atoms with Crippen molar-refractivity contribution in [3.63, 3.8) is 0 Å². The molecular formula is C21H34N4O4S. The molecule has 2 aliphatic heterocycles. The molecule has 8 nitrogen and oxygen atoms in total. The molecule has 2 heterocycles. The average Bonchev–Trinajstić information content (AvgIpc) is 3.40. The first-order valence-corrected chi connectivity index (χ1v) is 12.5. The molecule has 2 aliphatic rings. The summed E-state index contributed by atoms with van der Waals surface area (Å²) < 4.78 is 38.3. The molecule has 0 amide bonds. The van der Waals surface area contributed by atoms with Crippen molar-refractivity contribution in [2.45, 2.75) is 38.7 Å². The van der Waals surface area contributed by atoms with Crippen molar-refractivity contribution in [2.24, 2.45) is 4.99 Å². The lowest BCUT2D eigenvalue weighted by molar-refractivity contribution is 0.0171. The van der Waals surface area contributed by atoms with E-state index >= 15 is 0 Å². The van der Waals surface area contributed by atoms with Gasteiger partial charge in [0.2, 0.25) is 10.0 Å². The number of benzene rings is 1. The lowest BCUT2D eigenvalue weighted by Gasteiger charge is -2.20. The second kappa shape index (κ2) is 11.5. The van der Waals surface area contributed by atoms with Crippen LogP contribution >= 0.6 is 0 Å². The van der Waals surface area contributed by atoms with E-state index in [-0.39, 0.29) is 11.9 Å². The highest BCUT2D eigenvalue weighted by molar-refractivity contribution is 7.92. The van der Waals surface area contributed by atoms with Crippen LogP contribution in [0.3, 0.4) is 0 Å². The smallest absolute Gasteiger partial charge is 0.236 e. The molecule has 0 saturated carbocycles. The van der Waals surface area contributed by atoms with Gasteiger partial charge in [0.1, 0.15) is 0 Å². The molecule has 1 aromatic carbocycles. The molecule has 0 aromatic heterocycles. The Balaban J connectivity index is 1.39. The number of aliphatic imine (C=N–C) groups is 1. The van der Waals surface area contributed by atoms with Crippen LogP contribution in [0.4, 0.5) is 5.69 Å². The predicted octanol–water partition coefficient (Wildman–Crippen LogP) is 1.52. The Morgan fingerprint density at radius 2 is 2.20 bits per heavy atom. The summed E-state index contributed by atoms with van der Waals surface area (Å²) in [6, 6.07) is 7.69. The molecule has 1 fully saturated rings. The number of guanidine groups is 1. The summed E-state index contributed by atoms with van der Waals surface area (Å²) in [4.78, 5) is 4.51. The standard InChI is InChI=1S/C21H34N4O4S/c1-2-22-21(23-11-6-14-28-17-19-8-5-15-29-19)24-12-16-30(26,27)25-13-10-18-7-3-4-9-20(18)25/h3-4,7,9,19H,2,5-6,8,10-17H2,1H3,(H2,22,23,24). The topological polar surface area (TPSA) is 92.3 Å². The van der Waals surface area contributed by atoms with Gasteiger partial charge in [0, 0.05) is 39.4 Å². The predicted molar refractivity (Wildman–Crippen MR) is 120 cm³/mol. The molecule has 1 unspecified atom stereocenters. The Hall–Kier alpha value is -1.84. The molecule has 1 saturated heterocycles. The Bertz CT molecular complexity index is 794. The average molecular weight is 439 g/mol. The summed E-state index contributed by atoms with van der Waals surface area (Å²) in [7, 11) is -3.37. The minimum absolute atomic E-state index is 0.0241. The number of rotatable bonds is 11. The Morgan fingerprint density at radius 3 is 3.00 bits per heavy atom. The number of hydrogen-bond donors (Lipinski definition) is 2. The van der Waals surface area contributed by atoms with Gasteiger partial charge in [-0.15, -0.1) is 0 Å². The van der Waals surface area contributed by atoms with E-state index in [0.717, 1.165) is 43.5 Å². The fraction of sp³-hybridized carbons (Fsp3) is 0.667. The first kappa shape index (κ1) is 22.8. The molecule has 0 spiro atoms. The van der Waals surface area contributed by atoms with E-state index in [0.29, 0.717) is 45.4 Å². The van der Waals surface area contributed by atoms with Crippen LogP contribution in [0, 0.1) is 0 Å². The molecular weight excluding hydrogens is 404 g/mol. The molecule has 0 bridgehead atoms. The molecule has 3 rings (SSSR count). The summed E-state index contributed by atoms with van der Waals surface area (Å²) in [6.45, 7) is 6.28. The summed E-state index contributed by atoms with van der Waals surface area (Å²) >= 11 is 0. The second-order valence-corrected chi connectivity index (χ2v) is 9.53. The van der Waals surface area contributed by atoms with Crippen molar-refractivity contribution >= 4 is 21.7 Å². The highest BCUT2D eigenvalue weighted by Crippen LogP contribution is 2.29. The van der Waals surface area contributed by atoms with Gasteiger partial charge < -0.3 is 20.1 Å². The van der Waals surface area contributed by atoms with Crippen molar-refractivity contribution in [1.29, 1.82) is 0 Å². The number of nitrogens with one attached hydrogen (secondary N) is 2. The molecule has 168 valence electrons. The number of fused-ring (bicyclic) bond motifs is 1. The summed E-state index contributed by atoms with van der Waals surface area (Å²) in [5, 5.41) is 6.29. The third-order valence-electron chi connectivity index (χ3n) is 5.22. The maximum absolute atomic E-state index is 12.8. The Labute approximate surface area is 180 Å². The quantitative estimate of drug-likeness (QED) is 0.309. The largest absolute Gasteiger partial charge is 0.379 e. The third-order valence-corrected chi connectivity index (χ3v) is 6.99. The van der Waals surface area contributed by atoms with Gasteiger partial charge in [-0.25, -0.2) is 8.42 Å². The maximum atomic E-state index is 12.8. The van der Waals surface area contributed by atoms with Gasteiger partial charge >= 0.3 is 0 Å². The van der Waals surface area contributed by atoms with Crippen LogP contribution in [-0.4, -0.2) is 72.2 Å². The van der Waals surface area contributed by atoms with E-state index in [1.165, 1.54) is 4.31 Å². The third kappa shape index (κ3) is 6.58. The van der Waals surface area contributed by atoms with Gasteiger partial charge in [0.25, 0.3) is 0 Å². The van der Waals surface area contributed by atoms with Crippen LogP contribution < -0.4 is 14.9 Å². The highest BCUT2D eigenvalue weighted by Gasteiger charge is 2.28. The van der Waals surface area contributed by atoms with Crippen LogP contribution in [0.25, 0.3) is 0 Å². The van der Waals surface area contributed by atoms with Crippen LogP contribution in [0.5, 0.6) is 0 Å². The fourth-order valence-electron chi connectivity index (χ4n) is 3.70. The number of nitrogens with zero attached hydrogens (tertiary/aromatic N) is 2. The maximum Gasteiger partial charge on any atom is 0.236 e. The molecule has 9 heteroatoms. The molecule has 2 N–H and O–H groups in total. The first-order chi connectivity index (χ1) is 14.6. The lowest BCUT2D eigenvalue weighted by Crippen LogP contribution is -2.42. The zero-order valence-electron chi connectivity index (χ0n) is 17.8. The normalized spacial score (nSPS) is 19.2. The monoisotopic (exact) mass is 438 g/mol. The van der Waals surface area contributed by atoms with Crippen LogP contribution in [0.2, 0.25) is 0 Å². The van der Waals surface area contributed by atoms with Crippen molar-refractivity contribution in [2.75, 3.05) is 56.1 Å². The Kier molecular flexibility index (Phi) is 8.77. The minimum Gasteiger partial charge on any atom is -0.379 e. The molecule has 1 atom stereocenters. The van der Waals surface area contributed by atoms with E-state index < -0.39 is 10.0 Å². The molecule has 30 heavy (non-hydrogen) atoms. The zero-order chi connectivity index (χ0) is 21.2. The summed E-state index contributed by atoms with van der Waals surface area (Å²) in [6.07, 6.45) is 4.03. The Morgan fingerprint density at radius 1 is 1.33 bits per heavy atom. The summed E-state index contributed by atoms with van der Waals surface area (Å²) in [5.41, 5.74) is 1.90. The zero-order valence-corrected chi connectivity index (χ0v) is 18.6. The molecule has 0 aliphatic carbocycles. The lowest BCUT2D eigenvalue weighted by atomic mass is 10.2. The highest BCUT2D eigenvalue weighted by atomic mass is 32.2. The molecule has 1 aromatic rings. The van der Waals surface area contributed by atoms with Crippen molar-refractivity contribution in [3.05, 3.63) is 29.8 Å². The van der Waals surface area contributed by atoms with Gasteiger partial charge in [-0.3, -0.25) is 9.30 Å². The van der Waals surface area contributed by atoms with Gasteiger partial charge in [0.15, 0.2) is 5.96 Å². The van der Waals surface area contributed by atoms with Crippen molar-refractivity contribution in [1.82, 2.24) is 10.6 Å². The first-order valence-electron chi connectivity index (χ1n) is 10.9. The number of sulfonamides is 1.